The zero-order chi connectivity index (χ0) is 12.5. The maximum Gasteiger partial charge on any atom is 0.139 e. The number of ketones is 1. The quantitative estimate of drug-likeness (QED) is 0.798. The van der Waals surface area contributed by atoms with Crippen LogP contribution in [-0.4, -0.2) is 24.3 Å². The lowest BCUT2D eigenvalue weighted by atomic mass is 9.94. The molecule has 0 radical (unpaired) electrons. The van der Waals surface area contributed by atoms with E-state index in [1.54, 1.807) is 7.11 Å². The summed E-state index contributed by atoms with van der Waals surface area (Å²) in [5, 5.41) is 8.44. The zero-order valence-corrected chi connectivity index (χ0v) is 10.2. The van der Waals surface area contributed by atoms with Crippen LogP contribution in [-0.2, 0) is 4.79 Å². The average molecular weight is 242 g/mol. The van der Waals surface area contributed by atoms with E-state index in [4.69, 9.17) is 4.74 Å². The summed E-state index contributed by atoms with van der Waals surface area (Å²) in [6.45, 7) is 0. The second-order valence-corrected chi connectivity index (χ2v) is 4.69. The van der Waals surface area contributed by atoms with Crippen molar-refractivity contribution < 1.29 is 9.53 Å². The lowest BCUT2D eigenvalue weighted by Gasteiger charge is -2.15. The van der Waals surface area contributed by atoms with Gasteiger partial charge in [0.05, 0.1) is 18.5 Å². The van der Waals surface area contributed by atoms with Crippen LogP contribution in [0.2, 0.25) is 0 Å². The summed E-state index contributed by atoms with van der Waals surface area (Å²) in [6.07, 6.45) is 1.93. The Morgan fingerprint density at radius 2 is 1.94 bits per heavy atom. The van der Waals surface area contributed by atoms with E-state index in [1.165, 1.54) is 0 Å². The molecule has 4 heteroatoms. The predicted molar refractivity (Wildman–Crippen MR) is 69.3 cm³/mol. The van der Waals surface area contributed by atoms with Crippen molar-refractivity contribution in [3.05, 3.63) is 29.8 Å². The van der Waals surface area contributed by atoms with E-state index in [0.29, 0.717) is 12.8 Å². The first-order chi connectivity index (χ1) is 8.76. The van der Waals surface area contributed by atoms with Crippen LogP contribution in [0.5, 0.6) is 5.75 Å². The van der Waals surface area contributed by atoms with Crippen LogP contribution in [0.3, 0.4) is 0 Å². The zero-order valence-electron chi connectivity index (χ0n) is 10.2. The van der Waals surface area contributed by atoms with E-state index in [-0.39, 0.29) is 11.7 Å². The molecule has 0 aromatic heterocycles. The van der Waals surface area contributed by atoms with E-state index in [2.05, 4.69) is 10.2 Å². The topological polar surface area (TPSA) is 51.0 Å². The number of Topliss-reactive ketones (excluding diaryl/α,β-unsaturated/α-hetero) is 1. The maximum atomic E-state index is 11.4. The van der Waals surface area contributed by atoms with Crippen molar-refractivity contribution in [1.82, 2.24) is 0 Å². The molecule has 4 nitrogen and oxygen atoms in total. The molecular formula is C14H14N2O2. The number of rotatable bonds is 2. The van der Waals surface area contributed by atoms with Crippen LogP contribution in [0.4, 0.5) is 0 Å². The first-order valence-electron chi connectivity index (χ1n) is 6.05. The summed E-state index contributed by atoms with van der Waals surface area (Å²) in [6, 6.07) is 7.79. The highest BCUT2D eigenvalue weighted by Crippen LogP contribution is 2.28. The van der Waals surface area contributed by atoms with E-state index in [9.17, 15) is 4.79 Å². The second kappa shape index (κ2) is 4.37. The molecule has 1 saturated carbocycles. The third-order valence-corrected chi connectivity index (χ3v) is 3.49. The summed E-state index contributed by atoms with van der Waals surface area (Å²) in [4.78, 5) is 11.4. The largest absolute Gasteiger partial charge is 0.497 e. The monoisotopic (exact) mass is 242 g/mol. The number of methoxy groups -OCH3 is 1. The lowest BCUT2D eigenvalue weighted by Crippen LogP contribution is -2.17. The van der Waals surface area contributed by atoms with Crippen molar-refractivity contribution in [1.29, 1.82) is 0 Å². The molecule has 1 aliphatic carbocycles. The van der Waals surface area contributed by atoms with E-state index in [0.717, 1.165) is 29.2 Å². The number of ether oxygens (including phenoxy) is 1. The van der Waals surface area contributed by atoms with Gasteiger partial charge in [-0.05, 0) is 29.8 Å². The van der Waals surface area contributed by atoms with E-state index >= 15 is 0 Å². The summed E-state index contributed by atoms with van der Waals surface area (Å²) >= 11 is 0. The van der Waals surface area contributed by atoms with Gasteiger partial charge in [0.2, 0.25) is 0 Å². The number of fused-ring (bicyclic) bond motifs is 1. The van der Waals surface area contributed by atoms with E-state index < -0.39 is 0 Å². The number of carbonyl (C=O) groups excluding carboxylic acids is 1. The molecule has 1 heterocycles. The van der Waals surface area contributed by atoms with Crippen molar-refractivity contribution in [2.45, 2.75) is 19.3 Å². The Labute approximate surface area is 105 Å². The lowest BCUT2D eigenvalue weighted by molar-refractivity contribution is -0.117. The Hall–Kier alpha value is -1.97. The third-order valence-electron chi connectivity index (χ3n) is 3.49. The molecule has 0 N–H and O–H groups in total. The smallest absolute Gasteiger partial charge is 0.139 e. The van der Waals surface area contributed by atoms with Crippen LogP contribution < -0.4 is 4.74 Å². The van der Waals surface area contributed by atoms with Gasteiger partial charge in [-0.3, -0.25) is 4.79 Å². The van der Waals surface area contributed by atoms with Gasteiger partial charge in [-0.15, -0.1) is 0 Å². The fourth-order valence-electron chi connectivity index (χ4n) is 2.48. The molecule has 1 aromatic rings. The van der Waals surface area contributed by atoms with Crippen LogP contribution in [0.25, 0.3) is 0 Å². The van der Waals surface area contributed by atoms with Crippen molar-refractivity contribution in [3.8, 4) is 5.75 Å². The highest BCUT2D eigenvalue weighted by Gasteiger charge is 2.32. The van der Waals surface area contributed by atoms with Gasteiger partial charge in [-0.2, -0.15) is 10.2 Å². The first kappa shape index (κ1) is 11.1. The summed E-state index contributed by atoms with van der Waals surface area (Å²) in [7, 11) is 1.65. The Morgan fingerprint density at radius 1 is 1.17 bits per heavy atom. The Kier molecular flexibility index (Phi) is 2.70. The predicted octanol–water partition coefficient (Wildman–Crippen LogP) is 2.22. The van der Waals surface area contributed by atoms with Gasteiger partial charge >= 0.3 is 0 Å². The molecule has 1 aromatic carbocycles. The van der Waals surface area contributed by atoms with Crippen LogP contribution >= 0.6 is 0 Å². The molecule has 1 unspecified atom stereocenters. The second-order valence-electron chi connectivity index (χ2n) is 4.69. The molecule has 1 atom stereocenters. The average Bonchev–Trinajstić information content (AvgIpc) is 2.78. The highest BCUT2D eigenvalue weighted by molar-refractivity contribution is 6.14. The van der Waals surface area contributed by atoms with Crippen LogP contribution in [0.1, 0.15) is 24.8 Å². The van der Waals surface area contributed by atoms with Crippen molar-refractivity contribution in [2.75, 3.05) is 7.11 Å². The molecule has 0 amide bonds. The number of carbonyl (C=O) groups is 1. The maximum absolute atomic E-state index is 11.4. The summed E-state index contributed by atoms with van der Waals surface area (Å²) in [5.74, 6) is 1.38. The molecule has 0 saturated heterocycles. The molecule has 2 aliphatic rings. The molecule has 92 valence electrons. The van der Waals surface area contributed by atoms with Gasteiger partial charge in [-0.25, -0.2) is 0 Å². The SMILES string of the molecule is COc1ccc(C2=NN=C3CC(=O)CC3C2)cc1. The first-order valence-corrected chi connectivity index (χ1v) is 6.05. The minimum absolute atomic E-state index is 0.270. The Morgan fingerprint density at radius 3 is 2.67 bits per heavy atom. The van der Waals surface area contributed by atoms with Gasteiger partial charge in [0, 0.05) is 25.2 Å². The fourth-order valence-corrected chi connectivity index (χ4v) is 2.48. The number of hydrogen-bond donors (Lipinski definition) is 0. The Bertz CT molecular complexity index is 543. The molecule has 18 heavy (non-hydrogen) atoms. The highest BCUT2D eigenvalue weighted by atomic mass is 16.5. The minimum Gasteiger partial charge on any atom is -0.497 e. The molecule has 1 fully saturated rings. The number of benzene rings is 1. The fraction of sp³-hybridized carbons (Fsp3) is 0.357. The minimum atomic E-state index is 0.270. The number of nitrogens with zero attached hydrogens (tertiary/aromatic N) is 2. The van der Waals surface area contributed by atoms with Crippen LogP contribution in [0, 0.1) is 5.92 Å². The van der Waals surface area contributed by atoms with Gasteiger partial charge in [-0.1, -0.05) is 0 Å². The number of hydrogen-bond acceptors (Lipinski definition) is 4. The van der Waals surface area contributed by atoms with Gasteiger partial charge in [0.1, 0.15) is 11.5 Å². The van der Waals surface area contributed by atoms with Gasteiger partial charge < -0.3 is 4.74 Å². The van der Waals surface area contributed by atoms with E-state index in [1.807, 2.05) is 24.3 Å². The molecular weight excluding hydrogens is 228 g/mol. The third kappa shape index (κ3) is 1.94. The standard InChI is InChI=1S/C14H14N2O2/c1-18-12-4-2-9(3-5-12)13-7-10-6-11(17)8-14(10)16-15-13/h2-5,10H,6-8H2,1H3. The summed E-state index contributed by atoms with van der Waals surface area (Å²) < 4.78 is 5.13. The summed E-state index contributed by atoms with van der Waals surface area (Å²) in [5.41, 5.74) is 2.97. The molecule has 0 spiro atoms. The van der Waals surface area contributed by atoms with Crippen LogP contribution in [0.15, 0.2) is 34.5 Å². The normalized spacial score (nSPS) is 22.3. The molecule has 1 aliphatic heterocycles. The van der Waals surface area contributed by atoms with Gasteiger partial charge in [0.25, 0.3) is 0 Å². The van der Waals surface area contributed by atoms with Gasteiger partial charge in [0.15, 0.2) is 0 Å². The molecule has 3 rings (SSSR count). The van der Waals surface area contributed by atoms with Crippen molar-refractivity contribution in [3.63, 3.8) is 0 Å². The van der Waals surface area contributed by atoms with Crippen molar-refractivity contribution >= 4 is 17.2 Å². The molecule has 0 bridgehead atoms. The van der Waals surface area contributed by atoms with Crippen molar-refractivity contribution in [2.24, 2.45) is 16.1 Å². The Balaban J connectivity index is 1.84.